The number of methoxy groups -OCH3 is 1. The predicted octanol–water partition coefficient (Wildman–Crippen LogP) is 3.83. The maximum Gasteiger partial charge on any atom is 0.150 e. The van der Waals surface area contributed by atoms with Crippen molar-refractivity contribution in [3.63, 3.8) is 0 Å². The van der Waals surface area contributed by atoms with Crippen LogP contribution in [-0.2, 0) is 11.3 Å². The quantitative estimate of drug-likeness (QED) is 0.818. The number of pyridine rings is 1. The van der Waals surface area contributed by atoms with Gasteiger partial charge in [0.15, 0.2) is 5.82 Å². The largest absolute Gasteiger partial charge is 0.378 e. The van der Waals surface area contributed by atoms with Crippen LogP contribution in [0.25, 0.3) is 10.9 Å². The van der Waals surface area contributed by atoms with E-state index < -0.39 is 5.82 Å². The standard InChI is InChI=1S/C11H8Cl2FNO/c1-16-5-7-4-9(13)8-2-6(12)3-10(14)11(8)15-7/h2-4H,5H2,1H3. The first kappa shape index (κ1) is 11.6. The van der Waals surface area contributed by atoms with Crippen molar-refractivity contribution in [2.45, 2.75) is 6.61 Å². The van der Waals surface area contributed by atoms with Crippen LogP contribution in [0.15, 0.2) is 18.2 Å². The van der Waals surface area contributed by atoms with Crippen LogP contribution in [-0.4, -0.2) is 12.1 Å². The zero-order chi connectivity index (χ0) is 11.7. The molecular formula is C11H8Cl2FNO. The van der Waals surface area contributed by atoms with Crippen LogP contribution in [0.1, 0.15) is 5.69 Å². The first-order chi connectivity index (χ1) is 7.61. The molecule has 1 heterocycles. The molecule has 5 heteroatoms. The van der Waals surface area contributed by atoms with Gasteiger partial charge in [-0.05, 0) is 18.2 Å². The summed E-state index contributed by atoms with van der Waals surface area (Å²) in [5, 5.41) is 1.22. The lowest BCUT2D eigenvalue weighted by molar-refractivity contribution is 0.182. The number of ether oxygens (including phenoxy) is 1. The number of nitrogens with zero attached hydrogens (tertiary/aromatic N) is 1. The second kappa shape index (κ2) is 4.53. The van der Waals surface area contributed by atoms with Crippen molar-refractivity contribution < 1.29 is 9.13 Å². The molecule has 2 aromatic rings. The van der Waals surface area contributed by atoms with Gasteiger partial charge in [-0.15, -0.1) is 0 Å². The van der Waals surface area contributed by atoms with Gasteiger partial charge >= 0.3 is 0 Å². The highest BCUT2D eigenvalue weighted by Crippen LogP contribution is 2.28. The SMILES string of the molecule is COCc1cc(Cl)c2cc(Cl)cc(F)c2n1. The Hall–Kier alpha value is -0.900. The van der Waals surface area contributed by atoms with Crippen LogP contribution < -0.4 is 0 Å². The number of fused-ring (bicyclic) bond motifs is 1. The molecule has 0 aliphatic heterocycles. The van der Waals surface area contributed by atoms with Crippen LogP contribution >= 0.6 is 23.2 Å². The minimum atomic E-state index is -0.484. The van der Waals surface area contributed by atoms with Gasteiger partial charge in [0.2, 0.25) is 0 Å². The van der Waals surface area contributed by atoms with Crippen LogP contribution in [0.5, 0.6) is 0 Å². The Kier molecular flexibility index (Phi) is 3.28. The molecule has 16 heavy (non-hydrogen) atoms. The lowest BCUT2D eigenvalue weighted by atomic mass is 10.2. The summed E-state index contributed by atoms with van der Waals surface area (Å²) in [6, 6.07) is 4.44. The Morgan fingerprint density at radius 2 is 2.06 bits per heavy atom. The summed E-state index contributed by atoms with van der Waals surface area (Å²) in [7, 11) is 1.54. The third-order valence-electron chi connectivity index (χ3n) is 2.13. The zero-order valence-electron chi connectivity index (χ0n) is 8.43. The minimum Gasteiger partial charge on any atom is -0.378 e. The molecule has 2 nitrogen and oxygen atoms in total. The Morgan fingerprint density at radius 1 is 1.31 bits per heavy atom. The first-order valence-electron chi connectivity index (χ1n) is 4.55. The molecule has 1 aromatic carbocycles. The van der Waals surface area contributed by atoms with Gasteiger partial charge < -0.3 is 4.74 Å². The molecule has 0 radical (unpaired) electrons. The number of halogens is 3. The van der Waals surface area contributed by atoms with Gasteiger partial charge in [-0.3, -0.25) is 0 Å². The Labute approximate surface area is 102 Å². The smallest absolute Gasteiger partial charge is 0.150 e. The summed E-state index contributed by atoms with van der Waals surface area (Å²) in [6.45, 7) is 0.289. The summed E-state index contributed by atoms with van der Waals surface area (Å²) in [5.74, 6) is -0.484. The van der Waals surface area contributed by atoms with Gasteiger partial charge in [0.1, 0.15) is 5.52 Å². The number of rotatable bonds is 2. The first-order valence-corrected chi connectivity index (χ1v) is 5.30. The van der Waals surface area contributed by atoms with Crippen molar-refractivity contribution in [1.82, 2.24) is 4.98 Å². The molecule has 0 bridgehead atoms. The van der Waals surface area contributed by atoms with E-state index in [2.05, 4.69) is 4.98 Å². The van der Waals surface area contributed by atoms with Crippen LogP contribution in [0.4, 0.5) is 4.39 Å². The summed E-state index contributed by atoms with van der Waals surface area (Å²) in [4.78, 5) is 4.12. The molecule has 0 aliphatic rings. The van der Waals surface area contributed by atoms with Crippen molar-refractivity contribution in [2.75, 3.05) is 7.11 Å². The van der Waals surface area contributed by atoms with Crippen molar-refractivity contribution >= 4 is 34.1 Å². The van der Waals surface area contributed by atoms with Crippen LogP contribution in [0.3, 0.4) is 0 Å². The fourth-order valence-corrected chi connectivity index (χ4v) is 1.96. The topological polar surface area (TPSA) is 22.1 Å². The highest BCUT2D eigenvalue weighted by atomic mass is 35.5. The van der Waals surface area contributed by atoms with Crippen LogP contribution in [0.2, 0.25) is 10.0 Å². The van der Waals surface area contributed by atoms with Crippen molar-refractivity contribution in [3.8, 4) is 0 Å². The molecule has 0 saturated carbocycles. The Morgan fingerprint density at radius 3 is 2.75 bits per heavy atom. The van der Waals surface area contributed by atoms with Crippen molar-refractivity contribution in [1.29, 1.82) is 0 Å². The molecule has 0 unspecified atom stereocenters. The maximum atomic E-state index is 13.6. The highest BCUT2D eigenvalue weighted by molar-refractivity contribution is 6.36. The lowest BCUT2D eigenvalue weighted by Crippen LogP contribution is -1.95. The van der Waals surface area contributed by atoms with Gasteiger partial charge in [0, 0.05) is 17.5 Å². The number of benzene rings is 1. The minimum absolute atomic E-state index is 0.212. The number of hydrogen-bond acceptors (Lipinski definition) is 2. The molecule has 0 N–H and O–H groups in total. The predicted molar refractivity (Wildman–Crippen MR) is 62.4 cm³/mol. The second-order valence-corrected chi connectivity index (χ2v) is 4.16. The van der Waals surface area contributed by atoms with E-state index in [1.807, 2.05) is 0 Å². The summed E-state index contributed by atoms with van der Waals surface area (Å²) >= 11 is 11.8. The van der Waals surface area contributed by atoms with E-state index >= 15 is 0 Å². The van der Waals surface area contributed by atoms with Crippen molar-refractivity contribution in [3.05, 3.63) is 39.8 Å². The molecule has 0 fully saturated rings. The van der Waals surface area contributed by atoms with Crippen LogP contribution in [0, 0.1) is 5.82 Å². The third kappa shape index (κ3) is 2.12. The lowest BCUT2D eigenvalue weighted by Gasteiger charge is -2.06. The van der Waals surface area contributed by atoms with Gasteiger partial charge in [-0.1, -0.05) is 23.2 Å². The second-order valence-electron chi connectivity index (χ2n) is 3.31. The number of hydrogen-bond donors (Lipinski definition) is 0. The van der Waals surface area contributed by atoms with E-state index in [1.165, 1.54) is 13.2 Å². The van der Waals surface area contributed by atoms with Gasteiger partial charge in [-0.2, -0.15) is 0 Å². The Balaban J connectivity index is 2.71. The molecular weight excluding hydrogens is 252 g/mol. The van der Waals surface area contributed by atoms with Crippen molar-refractivity contribution in [2.24, 2.45) is 0 Å². The van der Waals surface area contributed by atoms with Gasteiger partial charge in [-0.25, -0.2) is 9.37 Å². The molecule has 0 aliphatic carbocycles. The monoisotopic (exact) mass is 259 g/mol. The zero-order valence-corrected chi connectivity index (χ0v) is 9.94. The highest BCUT2D eigenvalue weighted by Gasteiger charge is 2.09. The fraction of sp³-hybridized carbons (Fsp3) is 0.182. The maximum absolute atomic E-state index is 13.6. The van der Waals surface area contributed by atoms with Gasteiger partial charge in [0.05, 0.1) is 17.3 Å². The normalized spacial score (nSPS) is 11.0. The average molecular weight is 260 g/mol. The molecule has 0 atom stereocenters. The average Bonchev–Trinajstić information content (AvgIpc) is 2.20. The van der Waals surface area contributed by atoms with E-state index in [0.29, 0.717) is 21.1 Å². The Bertz CT molecular complexity index is 545. The molecule has 0 spiro atoms. The van der Waals surface area contributed by atoms with E-state index in [1.54, 1.807) is 12.1 Å². The molecule has 1 aromatic heterocycles. The summed E-state index contributed by atoms with van der Waals surface area (Å²) in [5.41, 5.74) is 0.796. The third-order valence-corrected chi connectivity index (χ3v) is 2.66. The molecule has 0 amide bonds. The van der Waals surface area contributed by atoms with E-state index in [4.69, 9.17) is 27.9 Å². The molecule has 84 valence electrons. The van der Waals surface area contributed by atoms with E-state index in [-0.39, 0.29) is 12.1 Å². The fourth-order valence-electron chi connectivity index (χ4n) is 1.48. The van der Waals surface area contributed by atoms with Gasteiger partial charge in [0.25, 0.3) is 0 Å². The molecule has 0 saturated heterocycles. The number of aromatic nitrogens is 1. The van der Waals surface area contributed by atoms with E-state index in [0.717, 1.165) is 0 Å². The summed E-state index contributed by atoms with van der Waals surface area (Å²) < 4.78 is 18.5. The molecule has 2 rings (SSSR count). The van der Waals surface area contributed by atoms with E-state index in [9.17, 15) is 4.39 Å². The summed E-state index contributed by atoms with van der Waals surface area (Å²) in [6.07, 6.45) is 0.